The van der Waals surface area contributed by atoms with Gasteiger partial charge in [-0.05, 0) is 39.5 Å². The third-order valence-electron chi connectivity index (χ3n) is 2.97. The summed E-state index contributed by atoms with van der Waals surface area (Å²) in [6, 6.07) is -0.215. The van der Waals surface area contributed by atoms with Gasteiger partial charge >= 0.3 is 12.1 Å². The minimum atomic E-state index is -0.515. The number of rotatable bonds is 5. The van der Waals surface area contributed by atoms with Gasteiger partial charge in [0.05, 0.1) is 0 Å². The average Bonchev–Trinajstić information content (AvgIpc) is 2.40. The van der Waals surface area contributed by atoms with Crippen LogP contribution in [0.2, 0.25) is 0 Å². The van der Waals surface area contributed by atoms with Crippen LogP contribution in [0.1, 0.15) is 33.6 Å². The van der Waals surface area contributed by atoms with Gasteiger partial charge in [-0.3, -0.25) is 0 Å². The molecule has 0 atom stereocenters. The van der Waals surface area contributed by atoms with Gasteiger partial charge in [0, 0.05) is 32.8 Å². The van der Waals surface area contributed by atoms with E-state index in [0.29, 0.717) is 25.6 Å². The molecule has 0 bridgehead atoms. The molecule has 1 fully saturated rings. The topological polar surface area (TPSA) is 88.7 Å². The lowest BCUT2D eigenvalue weighted by molar-refractivity contribution is 0.0528. The third-order valence-corrected chi connectivity index (χ3v) is 2.97. The van der Waals surface area contributed by atoms with Crippen LogP contribution in [0.4, 0.5) is 9.59 Å². The Morgan fingerprint density at radius 3 is 2.33 bits per heavy atom. The number of hydrogen-bond donors (Lipinski definition) is 3. The van der Waals surface area contributed by atoms with Crippen LogP contribution in [-0.2, 0) is 9.47 Å². The van der Waals surface area contributed by atoms with Crippen molar-refractivity contribution in [3.8, 4) is 0 Å². The molecule has 3 N–H and O–H groups in total. The molecule has 0 aromatic rings. The smallest absolute Gasteiger partial charge is 0.407 e. The molecular formula is C14H27N3O4. The van der Waals surface area contributed by atoms with Crippen LogP contribution in [-0.4, -0.2) is 50.6 Å². The van der Waals surface area contributed by atoms with E-state index < -0.39 is 11.7 Å². The van der Waals surface area contributed by atoms with E-state index >= 15 is 0 Å². The highest BCUT2D eigenvalue weighted by Gasteiger charge is 2.16. The number of carbonyl (C=O) groups is 2. The number of urea groups is 1. The Morgan fingerprint density at radius 1 is 1.10 bits per heavy atom. The highest BCUT2D eigenvalue weighted by atomic mass is 16.6. The van der Waals surface area contributed by atoms with Gasteiger partial charge in [0.1, 0.15) is 5.60 Å². The first-order valence-corrected chi connectivity index (χ1v) is 7.43. The molecule has 0 aliphatic carbocycles. The van der Waals surface area contributed by atoms with Gasteiger partial charge in [0.15, 0.2) is 0 Å². The molecule has 1 aliphatic heterocycles. The summed E-state index contributed by atoms with van der Waals surface area (Å²) in [6.07, 6.45) is 1.49. The van der Waals surface area contributed by atoms with E-state index in [2.05, 4.69) is 16.0 Å². The fourth-order valence-electron chi connectivity index (χ4n) is 1.90. The molecule has 0 spiro atoms. The molecule has 122 valence electrons. The quantitative estimate of drug-likeness (QED) is 0.667. The molecule has 0 unspecified atom stereocenters. The third kappa shape index (κ3) is 9.12. The zero-order valence-corrected chi connectivity index (χ0v) is 13.2. The summed E-state index contributed by atoms with van der Waals surface area (Å²) in [5, 5.41) is 8.10. The van der Waals surface area contributed by atoms with Crippen molar-refractivity contribution in [3.05, 3.63) is 0 Å². The lowest BCUT2D eigenvalue weighted by Crippen LogP contribution is -2.43. The molecule has 3 amide bonds. The monoisotopic (exact) mass is 301 g/mol. The van der Waals surface area contributed by atoms with Gasteiger partial charge in [-0.15, -0.1) is 0 Å². The second-order valence-corrected chi connectivity index (χ2v) is 6.12. The van der Waals surface area contributed by atoms with Crippen molar-refractivity contribution in [2.45, 2.75) is 39.2 Å². The lowest BCUT2D eigenvalue weighted by atomic mass is 10.0. The molecule has 0 aromatic carbocycles. The highest BCUT2D eigenvalue weighted by Crippen LogP contribution is 2.12. The Bertz CT molecular complexity index is 336. The van der Waals surface area contributed by atoms with Gasteiger partial charge in [0.25, 0.3) is 0 Å². The van der Waals surface area contributed by atoms with Crippen LogP contribution in [0.25, 0.3) is 0 Å². The molecule has 21 heavy (non-hydrogen) atoms. The maximum atomic E-state index is 11.6. The fourth-order valence-corrected chi connectivity index (χ4v) is 1.90. The Labute approximate surface area is 126 Å². The maximum Gasteiger partial charge on any atom is 0.407 e. The lowest BCUT2D eigenvalue weighted by Gasteiger charge is -2.22. The molecular weight excluding hydrogens is 274 g/mol. The van der Waals surface area contributed by atoms with Gasteiger partial charge in [-0.1, -0.05) is 0 Å². The van der Waals surface area contributed by atoms with Crippen LogP contribution in [0.3, 0.4) is 0 Å². The SMILES string of the molecule is CC(C)(C)OC(=O)NCCNC(=O)NCC1CCOCC1. The molecule has 0 aromatic heterocycles. The first-order chi connectivity index (χ1) is 9.87. The predicted molar refractivity (Wildman–Crippen MR) is 79.2 cm³/mol. The van der Waals surface area contributed by atoms with Gasteiger partial charge in [0.2, 0.25) is 0 Å². The van der Waals surface area contributed by atoms with E-state index in [1.807, 2.05) is 0 Å². The van der Waals surface area contributed by atoms with Gasteiger partial charge in [-0.2, -0.15) is 0 Å². The number of alkyl carbamates (subject to hydrolysis) is 1. The van der Waals surface area contributed by atoms with Crippen LogP contribution in [0.5, 0.6) is 0 Å². The molecule has 0 radical (unpaired) electrons. The summed E-state index contributed by atoms with van der Waals surface area (Å²) in [4.78, 5) is 22.9. The first-order valence-electron chi connectivity index (χ1n) is 7.43. The first kappa shape index (κ1) is 17.6. The molecule has 7 heteroatoms. The van der Waals surface area contributed by atoms with Crippen molar-refractivity contribution >= 4 is 12.1 Å². The molecule has 1 heterocycles. The molecule has 0 saturated carbocycles. The largest absolute Gasteiger partial charge is 0.444 e. The summed E-state index contributed by atoms with van der Waals surface area (Å²) in [7, 11) is 0. The summed E-state index contributed by atoms with van der Waals surface area (Å²) >= 11 is 0. The van der Waals surface area contributed by atoms with E-state index in [9.17, 15) is 9.59 Å². The Balaban J connectivity index is 2.01. The zero-order valence-electron chi connectivity index (χ0n) is 13.2. The van der Waals surface area contributed by atoms with Crippen LogP contribution >= 0.6 is 0 Å². The highest BCUT2D eigenvalue weighted by molar-refractivity contribution is 5.74. The van der Waals surface area contributed by atoms with E-state index in [1.54, 1.807) is 20.8 Å². The van der Waals surface area contributed by atoms with Crippen molar-refractivity contribution in [2.24, 2.45) is 5.92 Å². The second-order valence-electron chi connectivity index (χ2n) is 6.12. The molecule has 7 nitrogen and oxygen atoms in total. The van der Waals surface area contributed by atoms with Crippen LogP contribution in [0, 0.1) is 5.92 Å². The van der Waals surface area contributed by atoms with Crippen molar-refractivity contribution in [1.82, 2.24) is 16.0 Å². The van der Waals surface area contributed by atoms with Crippen LogP contribution < -0.4 is 16.0 Å². The number of amides is 3. The van der Waals surface area contributed by atoms with Crippen LogP contribution in [0.15, 0.2) is 0 Å². The van der Waals surface area contributed by atoms with Crippen molar-refractivity contribution < 1.29 is 19.1 Å². The standard InChI is InChI=1S/C14H27N3O4/c1-14(2,3)21-13(19)16-7-6-15-12(18)17-10-11-4-8-20-9-5-11/h11H,4-10H2,1-3H3,(H,16,19)(H2,15,17,18). The summed E-state index contributed by atoms with van der Waals surface area (Å²) in [5.41, 5.74) is -0.515. The van der Waals surface area contributed by atoms with Gasteiger partial charge in [-0.25, -0.2) is 9.59 Å². The minimum Gasteiger partial charge on any atom is -0.444 e. The maximum absolute atomic E-state index is 11.6. The van der Waals surface area contributed by atoms with Gasteiger partial charge < -0.3 is 25.4 Å². The number of ether oxygens (including phenoxy) is 2. The Morgan fingerprint density at radius 2 is 1.71 bits per heavy atom. The average molecular weight is 301 g/mol. The summed E-state index contributed by atoms with van der Waals surface area (Å²) in [6.45, 7) is 8.30. The van der Waals surface area contributed by atoms with Crippen molar-refractivity contribution in [1.29, 1.82) is 0 Å². The van der Waals surface area contributed by atoms with E-state index in [0.717, 1.165) is 26.1 Å². The normalized spacial score (nSPS) is 16.1. The van der Waals surface area contributed by atoms with E-state index in [4.69, 9.17) is 9.47 Å². The second kappa shape index (κ2) is 8.71. The van der Waals surface area contributed by atoms with E-state index in [-0.39, 0.29) is 6.03 Å². The number of carbonyl (C=O) groups excluding carboxylic acids is 2. The minimum absolute atomic E-state index is 0.215. The number of nitrogens with one attached hydrogen (secondary N) is 3. The summed E-state index contributed by atoms with van der Waals surface area (Å²) in [5.74, 6) is 0.490. The molecule has 1 saturated heterocycles. The molecule has 1 rings (SSSR count). The number of hydrogen-bond acceptors (Lipinski definition) is 4. The fraction of sp³-hybridized carbons (Fsp3) is 0.857. The Kier molecular flexibility index (Phi) is 7.28. The zero-order chi connectivity index (χ0) is 15.7. The molecule has 1 aliphatic rings. The van der Waals surface area contributed by atoms with E-state index in [1.165, 1.54) is 0 Å². The van der Waals surface area contributed by atoms with Crippen molar-refractivity contribution in [2.75, 3.05) is 32.8 Å². The van der Waals surface area contributed by atoms with Crippen molar-refractivity contribution in [3.63, 3.8) is 0 Å². The predicted octanol–water partition coefficient (Wildman–Crippen LogP) is 1.24. The summed E-state index contributed by atoms with van der Waals surface area (Å²) < 4.78 is 10.3. The Hall–Kier alpha value is -1.50.